The maximum absolute atomic E-state index is 11.4. The molecule has 1 aromatic carbocycles. The molecule has 1 aromatic heterocycles. The molecule has 1 heterocycles. The average molecular weight is 289 g/mol. The molecule has 2 aromatic rings. The van der Waals surface area contributed by atoms with Crippen molar-refractivity contribution in [2.75, 3.05) is 6.61 Å². The van der Waals surface area contributed by atoms with E-state index in [1.54, 1.807) is 4.57 Å². The highest BCUT2D eigenvalue weighted by molar-refractivity contribution is 7.98. The van der Waals surface area contributed by atoms with Gasteiger partial charge in [-0.2, -0.15) is 0 Å². The first-order valence-corrected chi connectivity index (χ1v) is 7.19. The summed E-state index contributed by atoms with van der Waals surface area (Å²) in [5.74, 6) is 6.19. The number of aliphatic hydroxyl groups excluding tert-OH is 1. The van der Waals surface area contributed by atoms with E-state index in [2.05, 4.69) is 22.0 Å². The van der Waals surface area contributed by atoms with Crippen LogP contribution < -0.4 is 5.69 Å². The molecule has 0 aliphatic carbocycles. The summed E-state index contributed by atoms with van der Waals surface area (Å²) < 4.78 is 1.60. The fraction of sp³-hybridized carbons (Fsp3) is 0.286. The number of aliphatic hydroxyl groups is 1. The molecule has 20 heavy (non-hydrogen) atoms. The first kappa shape index (κ1) is 14.4. The average Bonchev–Trinajstić information content (AvgIpc) is 2.84. The van der Waals surface area contributed by atoms with E-state index in [0.717, 1.165) is 16.9 Å². The number of hydrogen-bond acceptors (Lipinski definition) is 4. The number of rotatable bonds is 4. The third-order valence-electron chi connectivity index (χ3n) is 2.67. The van der Waals surface area contributed by atoms with Gasteiger partial charge in [-0.15, -0.1) is 5.10 Å². The van der Waals surface area contributed by atoms with Crippen LogP contribution in [-0.2, 0) is 12.3 Å². The smallest absolute Gasteiger partial charge is 0.343 e. The molecule has 0 aliphatic rings. The van der Waals surface area contributed by atoms with E-state index in [1.807, 2.05) is 31.2 Å². The molecule has 0 radical (unpaired) electrons. The first-order chi connectivity index (χ1) is 9.74. The molecule has 0 saturated heterocycles. The van der Waals surface area contributed by atoms with Gasteiger partial charge in [0.05, 0.1) is 0 Å². The van der Waals surface area contributed by atoms with Gasteiger partial charge in [-0.05, 0) is 24.6 Å². The normalized spacial score (nSPS) is 10.1. The number of nitrogens with zero attached hydrogens (tertiary/aromatic N) is 2. The minimum absolute atomic E-state index is 0.134. The Morgan fingerprint density at radius 1 is 1.40 bits per heavy atom. The van der Waals surface area contributed by atoms with Gasteiger partial charge >= 0.3 is 5.69 Å². The summed E-state index contributed by atoms with van der Waals surface area (Å²) in [5.41, 5.74) is 1.82. The molecule has 2 N–H and O–H groups in total. The van der Waals surface area contributed by atoms with Crippen LogP contribution in [0.25, 0.3) is 0 Å². The zero-order valence-corrected chi connectivity index (χ0v) is 11.9. The van der Waals surface area contributed by atoms with Crippen LogP contribution in [0.1, 0.15) is 18.1 Å². The molecule has 104 valence electrons. The van der Waals surface area contributed by atoms with E-state index in [-0.39, 0.29) is 12.3 Å². The lowest BCUT2D eigenvalue weighted by Crippen LogP contribution is -2.16. The van der Waals surface area contributed by atoms with Crippen LogP contribution >= 0.6 is 11.8 Å². The van der Waals surface area contributed by atoms with Crippen LogP contribution in [0.2, 0.25) is 0 Å². The Bertz CT molecular complexity index is 677. The highest BCUT2D eigenvalue weighted by atomic mass is 32.2. The van der Waals surface area contributed by atoms with Gasteiger partial charge in [0, 0.05) is 17.9 Å². The lowest BCUT2D eigenvalue weighted by Gasteiger charge is -2.02. The van der Waals surface area contributed by atoms with Crippen molar-refractivity contribution in [3.63, 3.8) is 0 Å². The molecule has 6 heteroatoms. The van der Waals surface area contributed by atoms with Crippen molar-refractivity contribution >= 4 is 11.8 Å². The van der Waals surface area contributed by atoms with Crippen LogP contribution in [0, 0.1) is 11.8 Å². The largest absolute Gasteiger partial charge is 0.384 e. The summed E-state index contributed by atoms with van der Waals surface area (Å²) in [6.45, 7) is 2.38. The predicted octanol–water partition coefficient (Wildman–Crippen LogP) is 1.23. The van der Waals surface area contributed by atoms with Gasteiger partial charge in [-0.1, -0.05) is 35.7 Å². The van der Waals surface area contributed by atoms with Gasteiger partial charge in [0.15, 0.2) is 5.16 Å². The summed E-state index contributed by atoms with van der Waals surface area (Å²) in [4.78, 5) is 11.4. The van der Waals surface area contributed by atoms with E-state index in [4.69, 9.17) is 5.11 Å². The van der Waals surface area contributed by atoms with Crippen molar-refractivity contribution in [2.24, 2.45) is 0 Å². The van der Waals surface area contributed by atoms with E-state index in [9.17, 15) is 4.79 Å². The first-order valence-electron chi connectivity index (χ1n) is 6.21. The summed E-state index contributed by atoms with van der Waals surface area (Å²) in [6, 6.07) is 7.79. The molecule has 0 aliphatic heterocycles. The molecule has 0 saturated carbocycles. The van der Waals surface area contributed by atoms with Crippen LogP contribution in [0.4, 0.5) is 0 Å². The Hall–Kier alpha value is -1.97. The third kappa shape index (κ3) is 3.53. The molecule has 0 fully saturated rings. The van der Waals surface area contributed by atoms with Gasteiger partial charge in [-0.25, -0.2) is 9.89 Å². The highest BCUT2D eigenvalue weighted by Crippen LogP contribution is 2.19. The van der Waals surface area contributed by atoms with E-state index < -0.39 is 0 Å². The Morgan fingerprint density at radius 3 is 2.80 bits per heavy atom. The predicted molar refractivity (Wildman–Crippen MR) is 78.5 cm³/mol. The van der Waals surface area contributed by atoms with Crippen molar-refractivity contribution in [1.29, 1.82) is 0 Å². The lowest BCUT2D eigenvalue weighted by molar-refractivity contribution is 0.350. The molecule has 2 rings (SSSR count). The van der Waals surface area contributed by atoms with Crippen LogP contribution in [-0.4, -0.2) is 26.5 Å². The number of nitrogens with one attached hydrogen (secondary N) is 1. The monoisotopic (exact) mass is 289 g/mol. The standard InChI is InChI=1S/C14H15N3O2S/c1-2-17-13(19)15-16-14(17)20-10-12-7-5-11(6-8-12)4-3-9-18/h5-8,18H,2,9-10H2,1H3,(H,15,19). The number of hydrogen-bond donors (Lipinski definition) is 2. The van der Waals surface area contributed by atoms with Gasteiger partial charge in [-0.3, -0.25) is 4.57 Å². The van der Waals surface area contributed by atoms with Crippen LogP contribution in [0.5, 0.6) is 0 Å². The van der Waals surface area contributed by atoms with Gasteiger partial charge < -0.3 is 5.11 Å². The Labute approximate surface area is 121 Å². The summed E-state index contributed by atoms with van der Waals surface area (Å²) >= 11 is 1.51. The van der Waals surface area contributed by atoms with Gasteiger partial charge in [0.2, 0.25) is 0 Å². The lowest BCUT2D eigenvalue weighted by atomic mass is 10.1. The fourth-order valence-electron chi connectivity index (χ4n) is 1.67. The highest BCUT2D eigenvalue weighted by Gasteiger charge is 2.06. The van der Waals surface area contributed by atoms with Crippen molar-refractivity contribution in [3.05, 3.63) is 45.9 Å². The van der Waals surface area contributed by atoms with Crippen LogP contribution in [0.15, 0.2) is 34.2 Å². The second kappa shape index (κ2) is 6.98. The summed E-state index contributed by atoms with van der Waals surface area (Å²) in [7, 11) is 0. The third-order valence-corrected chi connectivity index (χ3v) is 3.72. The minimum Gasteiger partial charge on any atom is -0.384 e. The SMILES string of the molecule is CCn1c(SCc2ccc(C#CCO)cc2)n[nH]c1=O. The molecule has 0 spiro atoms. The number of benzene rings is 1. The van der Waals surface area contributed by atoms with E-state index in [1.165, 1.54) is 11.8 Å². The minimum atomic E-state index is -0.176. The Balaban J connectivity index is 2.02. The van der Waals surface area contributed by atoms with E-state index in [0.29, 0.717) is 11.7 Å². The van der Waals surface area contributed by atoms with Crippen molar-refractivity contribution in [2.45, 2.75) is 24.4 Å². The second-order valence-electron chi connectivity index (χ2n) is 4.00. The second-order valence-corrected chi connectivity index (χ2v) is 4.94. The summed E-state index contributed by atoms with van der Waals surface area (Å²) in [6.07, 6.45) is 0. The maximum atomic E-state index is 11.4. The quantitative estimate of drug-likeness (QED) is 0.656. The van der Waals surface area contributed by atoms with Gasteiger partial charge in [0.1, 0.15) is 6.61 Å². The molecular weight excluding hydrogens is 274 g/mol. The van der Waals surface area contributed by atoms with Crippen molar-refractivity contribution in [3.8, 4) is 11.8 Å². The number of thioether (sulfide) groups is 1. The van der Waals surface area contributed by atoms with Crippen molar-refractivity contribution in [1.82, 2.24) is 14.8 Å². The Kier molecular flexibility index (Phi) is 5.04. The summed E-state index contributed by atoms with van der Waals surface area (Å²) in [5, 5.41) is 15.8. The number of aromatic nitrogens is 3. The fourth-order valence-corrected chi connectivity index (χ4v) is 2.63. The molecular formula is C14H15N3O2S. The topological polar surface area (TPSA) is 70.9 Å². The molecule has 0 atom stereocenters. The van der Waals surface area contributed by atoms with E-state index >= 15 is 0 Å². The van der Waals surface area contributed by atoms with Crippen molar-refractivity contribution < 1.29 is 5.11 Å². The molecule has 0 bridgehead atoms. The molecule has 0 amide bonds. The number of H-pyrrole nitrogens is 1. The Morgan fingerprint density at radius 2 is 2.15 bits per heavy atom. The van der Waals surface area contributed by atoms with Crippen LogP contribution in [0.3, 0.4) is 0 Å². The zero-order chi connectivity index (χ0) is 14.4. The number of aromatic amines is 1. The zero-order valence-electron chi connectivity index (χ0n) is 11.1. The van der Waals surface area contributed by atoms with Gasteiger partial charge in [0.25, 0.3) is 0 Å². The molecule has 0 unspecified atom stereocenters. The maximum Gasteiger partial charge on any atom is 0.343 e. The molecule has 5 nitrogen and oxygen atoms in total.